The van der Waals surface area contributed by atoms with Gasteiger partial charge in [-0.25, -0.2) is 13.1 Å². The molecule has 0 saturated carbocycles. The molecule has 1 unspecified atom stereocenters. The van der Waals surface area contributed by atoms with Crippen LogP contribution in [0, 0.1) is 0 Å². The molecule has 0 aromatic carbocycles. The summed E-state index contributed by atoms with van der Waals surface area (Å²) in [6.07, 6.45) is -1.65. The van der Waals surface area contributed by atoms with Gasteiger partial charge in [0.2, 0.25) is 10.0 Å². The van der Waals surface area contributed by atoms with Gasteiger partial charge >= 0.3 is 6.18 Å². The van der Waals surface area contributed by atoms with Crippen LogP contribution in [-0.2, 0) is 20.9 Å². The lowest BCUT2D eigenvalue weighted by atomic mass is 9.99. The van der Waals surface area contributed by atoms with Crippen LogP contribution in [0.5, 0.6) is 0 Å². The Labute approximate surface area is 144 Å². The van der Waals surface area contributed by atoms with Crippen molar-refractivity contribution in [3.63, 3.8) is 0 Å². The predicted molar refractivity (Wildman–Crippen MR) is 83.5 cm³/mol. The molecule has 1 saturated heterocycles. The van der Waals surface area contributed by atoms with Crippen LogP contribution in [0.15, 0.2) is 23.4 Å². The quantitative estimate of drug-likeness (QED) is 0.772. The second kappa shape index (κ2) is 7.96. The van der Waals surface area contributed by atoms with Gasteiger partial charge < -0.3 is 10.1 Å². The molecule has 6 nitrogen and oxygen atoms in total. The van der Waals surface area contributed by atoms with Crippen molar-refractivity contribution >= 4 is 22.4 Å². The molecule has 0 radical (unpaired) electrons. The van der Waals surface area contributed by atoms with Crippen molar-refractivity contribution in [2.45, 2.75) is 29.5 Å². The lowest BCUT2D eigenvalue weighted by molar-refractivity contribution is -0.140. The lowest BCUT2D eigenvalue weighted by Crippen LogP contribution is -2.53. The summed E-state index contributed by atoms with van der Waals surface area (Å²) in [5.41, 5.74) is -1.84. The molecule has 0 aliphatic carbocycles. The van der Waals surface area contributed by atoms with Crippen LogP contribution in [0.1, 0.15) is 18.4 Å². The van der Waals surface area contributed by atoms with Crippen molar-refractivity contribution in [1.82, 2.24) is 15.0 Å². The van der Waals surface area contributed by atoms with E-state index < -0.39 is 32.2 Å². The minimum atomic E-state index is -4.77. The van der Waals surface area contributed by atoms with Crippen LogP contribution in [-0.4, -0.2) is 45.7 Å². The predicted octanol–water partition coefficient (Wildman–Crippen LogP) is 1.57. The molecule has 1 aliphatic heterocycles. The van der Waals surface area contributed by atoms with E-state index in [1.54, 1.807) is 0 Å². The van der Waals surface area contributed by atoms with Gasteiger partial charge in [-0.2, -0.15) is 13.2 Å². The van der Waals surface area contributed by atoms with Crippen molar-refractivity contribution in [2.24, 2.45) is 0 Å². The highest BCUT2D eigenvalue weighted by Crippen LogP contribution is 2.33. The van der Waals surface area contributed by atoms with E-state index in [1.807, 2.05) is 0 Å². The van der Waals surface area contributed by atoms with Crippen molar-refractivity contribution < 1.29 is 26.3 Å². The molecule has 138 valence electrons. The van der Waals surface area contributed by atoms with Crippen LogP contribution >= 0.6 is 12.4 Å². The first-order chi connectivity index (χ1) is 10.7. The number of sulfonamides is 1. The first kappa shape index (κ1) is 21.1. The van der Waals surface area contributed by atoms with Gasteiger partial charge in [-0.15, -0.1) is 12.4 Å². The van der Waals surface area contributed by atoms with Gasteiger partial charge in [0.1, 0.15) is 4.90 Å². The van der Waals surface area contributed by atoms with Crippen LogP contribution < -0.4 is 10.0 Å². The Morgan fingerprint density at radius 1 is 1.46 bits per heavy atom. The molecular formula is C13H19ClF3N3O3S. The van der Waals surface area contributed by atoms with Crippen LogP contribution in [0.4, 0.5) is 13.2 Å². The molecular weight excluding hydrogens is 371 g/mol. The maximum Gasteiger partial charge on any atom is 0.417 e. The number of ether oxygens (including phenoxy) is 1. The van der Waals surface area contributed by atoms with E-state index >= 15 is 0 Å². The van der Waals surface area contributed by atoms with Gasteiger partial charge in [0.05, 0.1) is 17.7 Å². The highest BCUT2D eigenvalue weighted by Gasteiger charge is 2.39. The molecule has 2 rings (SSSR count). The van der Waals surface area contributed by atoms with E-state index in [0.29, 0.717) is 25.2 Å². The Morgan fingerprint density at radius 3 is 2.71 bits per heavy atom. The molecule has 1 fully saturated rings. The molecule has 0 amide bonds. The second-order valence-electron chi connectivity index (χ2n) is 5.44. The molecule has 1 aromatic heterocycles. The minimum Gasteiger partial charge on any atom is -0.383 e. The van der Waals surface area contributed by atoms with Crippen molar-refractivity contribution in [3.8, 4) is 0 Å². The Hall–Kier alpha value is -0.940. The molecule has 1 atom stereocenters. The number of halogens is 4. The monoisotopic (exact) mass is 389 g/mol. The van der Waals surface area contributed by atoms with Crippen molar-refractivity contribution in [3.05, 3.63) is 24.0 Å². The summed E-state index contributed by atoms with van der Waals surface area (Å²) in [4.78, 5) is 2.62. The molecule has 11 heteroatoms. The maximum atomic E-state index is 13.0. The number of nitrogens with zero attached hydrogens (tertiary/aromatic N) is 1. The summed E-state index contributed by atoms with van der Waals surface area (Å²) in [7, 11) is -2.86. The average Bonchev–Trinajstić information content (AvgIpc) is 2.94. The topological polar surface area (TPSA) is 80.3 Å². The Kier molecular flexibility index (Phi) is 7.00. The zero-order valence-corrected chi connectivity index (χ0v) is 14.5. The first-order valence-corrected chi connectivity index (χ1v) is 8.43. The summed E-state index contributed by atoms with van der Waals surface area (Å²) < 4.78 is 70.8. The van der Waals surface area contributed by atoms with E-state index in [-0.39, 0.29) is 25.6 Å². The fourth-order valence-corrected chi connectivity index (χ4v) is 3.90. The zero-order chi connectivity index (χ0) is 17.1. The average molecular weight is 390 g/mol. The van der Waals surface area contributed by atoms with E-state index in [0.717, 1.165) is 12.6 Å². The smallest absolute Gasteiger partial charge is 0.383 e. The summed E-state index contributed by atoms with van der Waals surface area (Å²) in [6.45, 7) is 0.899. The fraction of sp³-hybridized carbons (Fsp3) is 0.615. The van der Waals surface area contributed by atoms with E-state index in [2.05, 4.69) is 15.0 Å². The van der Waals surface area contributed by atoms with E-state index in [4.69, 9.17) is 4.74 Å². The summed E-state index contributed by atoms with van der Waals surface area (Å²) in [6, 6.07) is 0.646. The maximum absolute atomic E-state index is 13.0. The third-order valence-electron chi connectivity index (χ3n) is 3.73. The molecule has 2 N–H and O–H groups in total. The molecule has 0 bridgehead atoms. The number of hydrogen-bond donors (Lipinski definition) is 2. The number of pyridine rings is 1. The first-order valence-electron chi connectivity index (χ1n) is 6.95. The summed E-state index contributed by atoms with van der Waals surface area (Å²) in [5, 5.41) is 3.15. The molecule has 24 heavy (non-hydrogen) atoms. The number of methoxy groups -OCH3 is 1. The SMILES string of the molecule is COCC1(CNS(=O)(=O)c2cnccc2C(F)(F)F)CCCN1.Cl. The minimum absolute atomic E-state index is 0. The van der Waals surface area contributed by atoms with Gasteiger partial charge in [-0.05, 0) is 25.5 Å². The zero-order valence-electron chi connectivity index (χ0n) is 12.9. The molecule has 0 spiro atoms. The highest BCUT2D eigenvalue weighted by atomic mass is 35.5. The number of hydrogen-bond acceptors (Lipinski definition) is 5. The number of alkyl halides is 3. The second-order valence-corrected chi connectivity index (χ2v) is 7.17. The summed E-state index contributed by atoms with van der Waals surface area (Å²) in [5.74, 6) is 0. The molecule has 1 aliphatic rings. The van der Waals surface area contributed by atoms with Gasteiger partial charge in [-0.3, -0.25) is 4.98 Å². The van der Waals surface area contributed by atoms with Crippen molar-refractivity contribution in [1.29, 1.82) is 0 Å². The number of rotatable bonds is 6. The van der Waals surface area contributed by atoms with Crippen LogP contribution in [0.3, 0.4) is 0 Å². The van der Waals surface area contributed by atoms with E-state index in [9.17, 15) is 21.6 Å². The summed E-state index contributed by atoms with van der Waals surface area (Å²) >= 11 is 0. The Balaban J connectivity index is 0.00000288. The Bertz CT molecular complexity index is 649. The standard InChI is InChI=1S/C13H18F3N3O3S.ClH/c1-22-9-12(4-2-5-18-12)8-19-23(20,21)11-7-17-6-3-10(11)13(14,15)16;/h3,6-7,18-19H,2,4-5,8-9H2,1H3;1H. The van der Waals surface area contributed by atoms with Crippen LogP contribution in [0.25, 0.3) is 0 Å². The number of nitrogens with one attached hydrogen (secondary N) is 2. The third kappa shape index (κ3) is 4.79. The number of aromatic nitrogens is 1. The van der Waals surface area contributed by atoms with E-state index in [1.165, 1.54) is 7.11 Å². The van der Waals surface area contributed by atoms with Gasteiger partial charge in [0.15, 0.2) is 0 Å². The normalized spacial score (nSPS) is 21.5. The Morgan fingerprint density at radius 2 is 2.17 bits per heavy atom. The van der Waals surface area contributed by atoms with Gasteiger partial charge in [-0.1, -0.05) is 0 Å². The fourth-order valence-electron chi connectivity index (χ4n) is 2.61. The van der Waals surface area contributed by atoms with Gasteiger partial charge in [0, 0.05) is 26.0 Å². The molecule has 2 heterocycles. The van der Waals surface area contributed by atoms with Crippen molar-refractivity contribution in [2.75, 3.05) is 26.8 Å². The largest absolute Gasteiger partial charge is 0.417 e. The van der Waals surface area contributed by atoms with Crippen LogP contribution in [0.2, 0.25) is 0 Å². The van der Waals surface area contributed by atoms with Gasteiger partial charge in [0.25, 0.3) is 0 Å². The third-order valence-corrected chi connectivity index (χ3v) is 5.16. The highest BCUT2D eigenvalue weighted by molar-refractivity contribution is 7.89. The lowest BCUT2D eigenvalue weighted by Gasteiger charge is -2.29. The molecule has 1 aromatic rings.